The van der Waals surface area contributed by atoms with Crippen molar-refractivity contribution in [1.82, 2.24) is 3.96 Å². The number of carbonyl (C=O) groups is 1. The van der Waals surface area contributed by atoms with Crippen LogP contribution in [0.15, 0.2) is 29.4 Å². The van der Waals surface area contributed by atoms with Gasteiger partial charge in [0, 0.05) is 28.9 Å². The molecule has 1 unspecified atom stereocenters. The van der Waals surface area contributed by atoms with Crippen molar-refractivity contribution in [3.8, 4) is 5.75 Å². The number of carbonyl (C=O) groups excluding carboxylic acids is 1. The van der Waals surface area contributed by atoms with E-state index >= 15 is 0 Å². The maximum atomic E-state index is 12.8. The van der Waals surface area contributed by atoms with Crippen molar-refractivity contribution < 1.29 is 14.3 Å². The summed E-state index contributed by atoms with van der Waals surface area (Å²) in [6.45, 7) is 10.8. The van der Waals surface area contributed by atoms with Gasteiger partial charge in [0.1, 0.15) is 10.4 Å². The van der Waals surface area contributed by atoms with Gasteiger partial charge in [0.2, 0.25) is 0 Å². The van der Waals surface area contributed by atoms with Crippen LogP contribution in [0.3, 0.4) is 0 Å². The minimum atomic E-state index is -0.391. The highest BCUT2D eigenvalue weighted by molar-refractivity contribution is 7.04. The summed E-state index contributed by atoms with van der Waals surface area (Å²) in [5.74, 6) is 0.0556. The quantitative estimate of drug-likeness (QED) is 0.729. The van der Waals surface area contributed by atoms with Crippen molar-refractivity contribution in [1.29, 1.82) is 0 Å². The molecule has 0 fully saturated rings. The van der Waals surface area contributed by atoms with Gasteiger partial charge in [0.25, 0.3) is 5.91 Å². The van der Waals surface area contributed by atoms with Gasteiger partial charge in [0.05, 0.1) is 18.8 Å². The molecule has 1 aromatic carbocycles. The Hall–Kier alpha value is -1.63. The van der Waals surface area contributed by atoms with Gasteiger partial charge < -0.3 is 9.47 Å². The van der Waals surface area contributed by atoms with E-state index in [0.717, 1.165) is 5.56 Å². The molecule has 7 heteroatoms. The van der Waals surface area contributed by atoms with Gasteiger partial charge >= 0.3 is 0 Å². The number of nitrogens with zero attached hydrogens (tertiary/aromatic N) is 2. The molecule has 1 heterocycles. The van der Waals surface area contributed by atoms with E-state index in [4.69, 9.17) is 21.1 Å². The van der Waals surface area contributed by atoms with E-state index in [9.17, 15) is 4.79 Å². The molecule has 0 bridgehead atoms. The van der Waals surface area contributed by atoms with E-state index in [1.807, 2.05) is 20.0 Å². The van der Waals surface area contributed by atoms with Crippen LogP contribution in [0.25, 0.3) is 0 Å². The SMILES string of the molecule is CCOC(C)c1cn(C(C)(C)C)sc1=NC(=O)c1cc(Cl)ccc1OC. The van der Waals surface area contributed by atoms with Crippen LogP contribution in [0.2, 0.25) is 5.02 Å². The molecule has 0 spiro atoms. The molecule has 142 valence electrons. The first kappa shape index (κ1) is 20.7. The Balaban J connectivity index is 2.57. The van der Waals surface area contributed by atoms with Gasteiger partial charge in [-0.15, -0.1) is 0 Å². The molecular formula is C19H25ClN2O3S. The number of benzene rings is 1. The van der Waals surface area contributed by atoms with Crippen molar-refractivity contribution in [2.45, 2.75) is 46.3 Å². The zero-order valence-electron chi connectivity index (χ0n) is 16.0. The van der Waals surface area contributed by atoms with Crippen LogP contribution in [0.5, 0.6) is 5.75 Å². The third kappa shape index (κ3) is 4.75. The number of hydrogen-bond donors (Lipinski definition) is 0. The minimum Gasteiger partial charge on any atom is -0.496 e. The zero-order valence-corrected chi connectivity index (χ0v) is 17.6. The molecule has 1 atom stereocenters. The average Bonchev–Trinajstić information content (AvgIpc) is 2.99. The smallest absolute Gasteiger partial charge is 0.282 e. The Morgan fingerprint density at radius 2 is 2.08 bits per heavy atom. The summed E-state index contributed by atoms with van der Waals surface area (Å²) in [7, 11) is 1.52. The summed E-state index contributed by atoms with van der Waals surface area (Å²) >= 11 is 7.47. The molecule has 0 N–H and O–H groups in total. The first-order chi connectivity index (χ1) is 12.2. The Morgan fingerprint density at radius 3 is 2.65 bits per heavy atom. The van der Waals surface area contributed by atoms with Crippen molar-refractivity contribution >= 4 is 29.0 Å². The third-order valence-electron chi connectivity index (χ3n) is 3.80. The van der Waals surface area contributed by atoms with Gasteiger partial charge in [0.15, 0.2) is 0 Å². The highest BCUT2D eigenvalue weighted by atomic mass is 35.5. The summed E-state index contributed by atoms with van der Waals surface area (Å²) in [5.41, 5.74) is 1.11. The van der Waals surface area contributed by atoms with Crippen LogP contribution in [0, 0.1) is 0 Å². The van der Waals surface area contributed by atoms with Gasteiger partial charge in [-0.2, -0.15) is 4.99 Å². The van der Waals surface area contributed by atoms with Crippen LogP contribution in [0.4, 0.5) is 0 Å². The summed E-state index contributed by atoms with van der Waals surface area (Å²) < 4.78 is 13.7. The lowest BCUT2D eigenvalue weighted by Gasteiger charge is -2.19. The normalized spacial score (nSPS) is 13.7. The van der Waals surface area contributed by atoms with Crippen molar-refractivity contribution in [2.24, 2.45) is 4.99 Å². The summed E-state index contributed by atoms with van der Waals surface area (Å²) in [5, 5.41) is 0.461. The predicted octanol–water partition coefficient (Wildman–Crippen LogP) is 4.81. The lowest BCUT2D eigenvalue weighted by Crippen LogP contribution is -2.18. The lowest BCUT2D eigenvalue weighted by molar-refractivity contribution is 0.0754. The van der Waals surface area contributed by atoms with E-state index in [0.29, 0.717) is 27.6 Å². The first-order valence-electron chi connectivity index (χ1n) is 8.45. The van der Waals surface area contributed by atoms with Gasteiger partial charge in [-0.05, 0) is 64.4 Å². The highest BCUT2D eigenvalue weighted by Crippen LogP contribution is 2.25. The van der Waals surface area contributed by atoms with Crippen LogP contribution < -0.4 is 9.41 Å². The summed E-state index contributed by atoms with van der Waals surface area (Å²) in [4.78, 5) is 17.1. The van der Waals surface area contributed by atoms with Crippen molar-refractivity contribution in [3.63, 3.8) is 0 Å². The maximum Gasteiger partial charge on any atom is 0.282 e. The molecule has 0 radical (unpaired) electrons. The molecule has 0 aliphatic carbocycles. The number of halogens is 1. The molecule has 26 heavy (non-hydrogen) atoms. The van der Waals surface area contributed by atoms with Crippen LogP contribution >= 0.6 is 23.1 Å². The van der Waals surface area contributed by atoms with Gasteiger partial charge in [-0.3, -0.25) is 8.75 Å². The van der Waals surface area contributed by atoms with Crippen molar-refractivity contribution in [3.05, 3.63) is 45.2 Å². The lowest BCUT2D eigenvalue weighted by atomic mass is 10.1. The zero-order chi connectivity index (χ0) is 19.5. The Kier molecular flexibility index (Phi) is 6.66. The molecule has 2 rings (SSSR count). The minimum absolute atomic E-state index is 0.115. The molecule has 0 saturated heterocycles. The monoisotopic (exact) mass is 396 g/mol. The van der Waals surface area contributed by atoms with E-state index in [1.165, 1.54) is 18.6 Å². The molecule has 1 amide bonds. The summed E-state index contributed by atoms with van der Waals surface area (Å²) in [6, 6.07) is 4.92. The molecule has 0 saturated carbocycles. The fourth-order valence-corrected chi connectivity index (χ4v) is 3.63. The fraction of sp³-hybridized carbons (Fsp3) is 0.474. The summed E-state index contributed by atoms with van der Waals surface area (Å²) in [6.07, 6.45) is 1.85. The number of aromatic nitrogens is 1. The van der Waals surface area contributed by atoms with E-state index in [2.05, 4.69) is 29.7 Å². The Morgan fingerprint density at radius 1 is 1.38 bits per heavy atom. The number of methoxy groups -OCH3 is 1. The fourth-order valence-electron chi connectivity index (χ4n) is 2.39. The Labute approximate surface area is 163 Å². The van der Waals surface area contributed by atoms with Crippen molar-refractivity contribution in [2.75, 3.05) is 13.7 Å². The second-order valence-electron chi connectivity index (χ2n) is 6.84. The highest BCUT2D eigenvalue weighted by Gasteiger charge is 2.20. The number of rotatable bonds is 5. The molecule has 2 aromatic rings. The number of hydrogen-bond acceptors (Lipinski definition) is 4. The van der Waals surface area contributed by atoms with Crippen LogP contribution in [-0.4, -0.2) is 23.6 Å². The van der Waals surface area contributed by atoms with Gasteiger partial charge in [-0.1, -0.05) is 11.6 Å². The van der Waals surface area contributed by atoms with E-state index in [1.54, 1.807) is 18.2 Å². The Bertz CT molecular complexity index is 849. The molecule has 5 nitrogen and oxygen atoms in total. The van der Waals surface area contributed by atoms with E-state index < -0.39 is 5.91 Å². The number of ether oxygens (including phenoxy) is 2. The number of amides is 1. The second-order valence-corrected chi connectivity index (χ2v) is 8.24. The molecular weight excluding hydrogens is 372 g/mol. The van der Waals surface area contributed by atoms with E-state index in [-0.39, 0.29) is 11.6 Å². The largest absolute Gasteiger partial charge is 0.496 e. The maximum absolute atomic E-state index is 12.8. The van der Waals surface area contributed by atoms with Gasteiger partial charge in [-0.25, -0.2) is 0 Å². The molecule has 1 aromatic heterocycles. The third-order valence-corrected chi connectivity index (χ3v) is 5.38. The first-order valence-corrected chi connectivity index (χ1v) is 9.60. The molecule has 0 aliphatic heterocycles. The topological polar surface area (TPSA) is 52.8 Å². The second kappa shape index (κ2) is 8.37. The molecule has 0 aliphatic rings. The average molecular weight is 397 g/mol. The van der Waals surface area contributed by atoms with Crippen LogP contribution in [0.1, 0.15) is 56.6 Å². The predicted molar refractivity (Wildman–Crippen MR) is 105 cm³/mol. The van der Waals surface area contributed by atoms with Crippen LogP contribution in [-0.2, 0) is 10.3 Å². The standard InChI is InChI=1S/C19H25ClN2O3S/c1-7-25-12(2)15-11-22(19(3,4)5)26-18(15)21-17(23)14-10-13(20)8-9-16(14)24-6/h8-12H,7H2,1-6H3.